The van der Waals surface area contributed by atoms with E-state index >= 15 is 0 Å². The van der Waals surface area contributed by atoms with Crippen molar-refractivity contribution in [3.63, 3.8) is 0 Å². The van der Waals surface area contributed by atoms with Crippen LogP contribution in [0.4, 0.5) is 0 Å². The molecule has 3 nitrogen and oxygen atoms in total. The molecule has 0 saturated heterocycles. The molecular formula is C12H19NO2S. The van der Waals surface area contributed by atoms with Gasteiger partial charge in [-0.1, -0.05) is 6.42 Å². The molecule has 2 aliphatic carbocycles. The molecule has 2 rings (SSSR count). The zero-order valence-corrected chi connectivity index (χ0v) is 10.5. The van der Waals surface area contributed by atoms with Crippen LogP contribution in [0.1, 0.15) is 38.5 Å². The predicted octanol–water partition coefficient (Wildman–Crippen LogP) is 1.76. The van der Waals surface area contributed by atoms with Crippen LogP contribution in [0.25, 0.3) is 0 Å². The number of amides is 1. The van der Waals surface area contributed by atoms with Crippen molar-refractivity contribution in [1.29, 1.82) is 0 Å². The molecule has 0 spiro atoms. The van der Waals surface area contributed by atoms with Crippen molar-refractivity contribution in [2.45, 2.75) is 49.8 Å². The van der Waals surface area contributed by atoms with Crippen molar-refractivity contribution < 1.29 is 9.59 Å². The molecule has 4 heteroatoms. The molecule has 2 saturated carbocycles. The molecule has 1 N–H and O–H groups in total. The summed E-state index contributed by atoms with van der Waals surface area (Å²) in [6.07, 6.45) is 7.74. The minimum atomic E-state index is -0.0258. The van der Waals surface area contributed by atoms with Crippen molar-refractivity contribution >= 4 is 23.5 Å². The Labute approximate surface area is 101 Å². The Morgan fingerprint density at radius 3 is 2.75 bits per heavy atom. The monoisotopic (exact) mass is 241 g/mol. The average Bonchev–Trinajstić information content (AvgIpc) is 2.25. The van der Waals surface area contributed by atoms with Crippen LogP contribution in [0.2, 0.25) is 0 Å². The summed E-state index contributed by atoms with van der Waals surface area (Å²) in [4.78, 5) is 22.6. The fourth-order valence-corrected chi connectivity index (χ4v) is 3.31. The van der Waals surface area contributed by atoms with Crippen LogP contribution in [-0.4, -0.2) is 29.2 Å². The largest absolute Gasteiger partial charge is 0.353 e. The minimum absolute atomic E-state index is 0.0258. The van der Waals surface area contributed by atoms with Crippen LogP contribution in [0, 0.1) is 5.92 Å². The summed E-state index contributed by atoms with van der Waals surface area (Å²) in [5, 5.41) is 3.80. The summed E-state index contributed by atoms with van der Waals surface area (Å²) in [5.74, 6) is 0.305. The predicted molar refractivity (Wildman–Crippen MR) is 65.4 cm³/mol. The maximum atomic E-state index is 11.8. The lowest BCUT2D eigenvalue weighted by Gasteiger charge is -2.31. The van der Waals surface area contributed by atoms with Crippen LogP contribution in [0.5, 0.6) is 0 Å². The van der Waals surface area contributed by atoms with Crippen molar-refractivity contribution in [2.75, 3.05) is 6.26 Å². The summed E-state index contributed by atoms with van der Waals surface area (Å²) in [7, 11) is 0. The highest BCUT2D eigenvalue weighted by molar-refractivity contribution is 7.99. The topological polar surface area (TPSA) is 46.2 Å². The molecule has 0 aromatic rings. The highest BCUT2D eigenvalue weighted by Gasteiger charge is 2.34. The third-order valence-corrected chi connectivity index (χ3v) is 4.72. The molecule has 16 heavy (non-hydrogen) atoms. The maximum absolute atomic E-state index is 11.8. The van der Waals surface area contributed by atoms with Crippen molar-refractivity contribution in [1.82, 2.24) is 5.32 Å². The number of nitrogens with one attached hydrogen (secondary N) is 1. The van der Waals surface area contributed by atoms with Gasteiger partial charge in [-0.3, -0.25) is 9.59 Å². The first-order valence-corrected chi connectivity index (χ1v) is 7.32. The number of thioether (sulfide) groups is 1. The highest BCUT2D eigenvalue weighted by Crippen LogP contribution is 2.28. The van der Waals surface area contributed by atoms with Crippen LogP contribution >= 0.6 is 11.8 Å². The molecule has 90 valence electrons. The fraction of sp³-hybridized carbons (Fsp3) is 0.833. The van der Waals surface area contributed by atoms with Gasteiger partial charge >= 0.3 is 0 Å². The Kier molecular flexibility index (Phi) is 3.90. The number of hydrogen-bond acceptors (Lipinski definition) is 3. The van der Waals surface area contributed by atoms with E-state index in [0.29, 0.717) is 24.1 Å². The van der Waals surface area contributed by atoms with Gasteiger partial charge in [-0.25, -0.2) is 0 Å². The lowest BCUT2D eigenvalue weighted by Crippen LogP contribution is -2.45. The van der Waals surface area contributed by atoms with Gasteiger partial charge < -0.3 is 5.32 Å². The second kappa shape index (κ2) is 5.21. The van der Waals surface area contributed by atoms with Crippen molar-refractivity contribution in [3.05, 3.63) is 0 Å². The van der Waals surface area contributed by atoms with Gasteiger partial charge in [0.15, 0.2) is 0 Å². The Balaban J connectivity index is 1.76. The standard InChI is InChI=1S/C12H19NO2S/c1-16-11-4-2-3-9(7-11)13-12(15)8-5-10(14)6-8/h8-9,11H,2-7H2,1H3,(H,13,15)/t9-,11-/m1/s1. The second-order valence-corrected chi connectivity index (χ2v) is 6.01. The first kappa shape index (κ1) is 12.0. The summed E-state index contributed by atoms with van der Waals surface area (Å²) in [5.41, 5.74) is 0. The van der Waals surface area contributed by atoms with E-state index in [-0.39, 0.29) is 17.6 Å². The lowest BCUT2D eigenvalue weighted by atomic mass is 9.83. The third kappa shape index (κ3) is 2.78. The van der Waals surface area contributed by atoms with Crippen LogP contribution in [0.3, 0.4) is 0 Å². The Morgan fingerprint density at radius 1 is 1.38 bits per heavy atom. The molecular weight excluding hydrogens is 222 g/mol. The molecule has 0 unspecified atom stereocenters. The van der Waals surface area contributed by atoms with Gasteiger partial charge in [0.05, 0.1) is 5.92 Å². The van der Waals surface area contributed by atoms with Gasteiger partial charge in [0.2, 0.25) is 5.91 Å². The normalized spacial score (nSPS) is 30.9. The Bertz CT molecular complexity index is 285. The molecule has 0 bridgehead atoms. The molecule has 2 atom stereocenters. The van der Waals surface area contributed by atoms with Gasteiger partial charge in [-0.2, -0.15) is 11.8 Å². The van der Waals surface area contributed by atoms with E-state index in [1.165, 1.54) is 12.8 Å². The first-order valence-electron chi connectivity index (χ1n) is 6.04. The molecule has 0 aromatic heterocycles. The van der Waals surface area contributed by atoms with Gasteiger partial charge in [-0.15, -0.1) is 0 Å². The van der Waals surface area contributed by atoms with Crippen LogP contribution in [-0.2, 0) is 9.59 Å². The molecule has 0 heterocycles. The Morgan fingerprint density at radius 2 is 2.12 bits per heavy atom. The number of ketones is 1. The van der Waals surface area contributed by atoms with E-state index in [2.05, 4.69) is 11.6 Å². The molecule has 0 aromatic carbocycles. The van der Waals surface area contributed by atoms with E-state index in [1.54, 1.807) is 0 Å². The number of rotatable bonds is 3. The summed E-state index contributed by atoms with van der Waals surface area (Å²) in [6, 6.07) is 0.342. The highest BCUT2D eigenvalue weighted by atomic mass is 32.2. The maximum Gasteiger partial charge on any atom is 0.224 e. The van der Waals surface area contributed by atoms with E-state index in [0.717, 1.165) is 12.8 Å². The van der Waals surface area contributed by atoms with Gasteiger partial charge in [0.25, 0.3) is 0 Å². The van der Waals surface area contributed by atoms with Crippen LogP contribution < -0.4 is 5.32 Å². The van der Waals surface area contributed by atoms with Crippen LogP contribution in [0.15, 0.2) is 0 Å². The molecule has 1 amide bonds. The van der Waals surface area contributed by atoms with E-state index < -0.39 is 0 Å². The SMILES string of the molecule is CS[C@@H]1CCC[C@@H](NC(=O)C2CC(=O)C2)C1. The fourth-order valence-electron chi connectivity index (χ4n) is 2.48. The second-order valence-electron chi connectivity index (χ2n) is 4.87. The molecule has 0 radical (unpaired) electrons. The van der Waals surface area contributed by atoms with Gasteiger partial charge in [0.1, 0.15) is 5.78 Å². The minimum Gasteiger partial charge on any atom is -0.353 e. The van der Waals surface area contributed by atoms with E-state index in [4.69, 9.17) is 0 Å². The number of Topliss-reactive ketones (excluding diaryl/α,β-unsaturated/α-hetero) is 1. The van der Waals surface area contributed by atoms with Crippen molar-refractivity contribution in [2.24, 2.45) is 5.92 Å². The number of hydrogen-bond donors (Lipinski definition) is 1. The quantitative estimate of drug-likeness (QED) is 0.819. The zero-order chi connectivity index (χ0) is 11.5. The van der Waals surface area contributed by atoms with E-state index in [1.807, 2.05) is 11.8 Å². The molecule has 2 aliphatic rings. The Hall–Kier alpha value is -0.510. The molecule has 0 aliphatic heterocycles. The lowest BCUT2D eigenvalue weighted by molar-refractivity contribution is -0.138. The summed E-state index contributed by atoms with van der Waals surface area (Å²) >= 11 is 1.90. The number of carbonyl (C=O) groups excluding carboxylic acids is 2. The zero-order valence-electron chi connectivity index (χ0n) is 9.70. The van der Waals surface area contributed by atoms with Gasteiger partial charge in [0, 0.05) is 24.1 Å². The number of carbonyl (C=O) groups is 2. The van der Waals surface area contributed by atoms with E-state index in [9.17, 15) is 9.59 Å². The summed E-state index contributed by atoms with van der Waals surface area (Å²) < 4.78 is 0. The smallest absolute Gasteiger partial charge is 0.224 e. The average molecular weight is 241 g/mol. The van der Waals surface area contributed by atoms with Gasteiger partial charge in [-0.05, 0) is 25.5 Å². The first-order chi connectivity index (χ1) is 7.69. The summed E-state index contributed by atoms with van der Waals surface area (Å²) in [6.45, 7) is 0. The van der Waals surface area contributed by atoms with Crippen molar-refractivity contribution in [3.8, 4) is 0 Å². The molecule has 2 fully saturated rings. The third-order valence-electron chi connectivity index (χ3n) is 3.62.